The van der Waals surface area contributed by atoms with Gasteiger partial charge >= 0.3 is 0 Å². The van der Waals surface area contributed by atoms with E-state index < -0.39 is 28.5 Å². The molecule has 2 amide bonds. The van der Waals surface area contributed by atoms with Crippen molar-refractivity contribution in [2.75, 3.05) is 24.2 Å². The van der Waals surface area contributed by atoms with Crippen molar-refractivity contribution in [2.24, 2.45) is 0 Å². The fourth-order valence-corrected chi connectivity index (χ4v) is 6.34. The highest BCUT2D eigenvalue weighted by atomic mass is 35.5. The van der Waals surface area contributed by atoms with Gasteiger partial charge in [-0.15, -0.1) is 0 Å². The van der Waals surface area contributed by atoms with Gasteiger partial charge in [-0.1, -0.05) is 91.5 Å². The molecule has 0 spiro atoms. The summed E-state index contributed by atoms with van der Waals surface area (Å²) in [6, 6.07) is 22.7. The largest absolute Gasteiger partial charge is 0.495 e. The second-order valence-electron chi connectivity index (χ2n) is 10.6. The van der Waals surface area contributed by atoms with Crippen LogP contribution < -0.4 is 14.4 Å². The Kier molecular flexibility index (Phi) is 10.9. The topological polar surface area (TPSA) is 96.0 Å². The third-order valence-corrected chi connectivity index (χ3v) is 8.87. The highest BCUT2D eigenvalue weighted by Crippen LogP contribution is 2.33. The number of carbonyl (C=O) groups is 2. The van der Waals surface area contributed by atoms with Crippen molar-refractivity contribution < 1.29 is 22.7 Å². The molecule has 3 aromatic carbocycles. The first-order valence-corrected chi connectivity index (χ1v) is 16.4. The Morgan fingerprint density at radius 1 is 0.952 bits per heavy atom. The van der Waals surface area contributed by atoms with E-state index in [9.17, 15) is 18.0 Å². The van der Waals surface area contributed by atoms with Gasteiger partial charge in [-0.2, -0.15) is 0 Å². The monoisotopic (exact) mass is 611 g/mol. The van der Waals surface area contributed by atoms with Crippen LogP contribution in [0.4, 0.5) is 5.69 Å². The fraction of sp³-hybridized carbons (Fsp3) is 0.375. The van der Waals surface area contributed by atoms with Crippen LogP contribution >= 0.6 is 11.6 Å². The molecule has 42 heavy (non-hydrogen) atoms. The zero-order chi connectivity index (χ0) is 30.1. The number of amides is 2. The first-order chi connectivity index (χ1) is 20.2. The van der Waals surface area contributed by atoms with E-state index in [2.05, 4.69) is 5.32 Å². The van der Waals surface area contributed by atoms with Gasteiger partial charge in [0.15, 0.2) is 0 Å². The summed E-state index contributed by atoms with van der Waals surface area (Å²) in [7, 11) is -2.53. The highest BCUT2D eigenvalue weighted by Gasteiger charge is 2.34. The molecular formula is C32H38ClN3O5S. The lowest BCUT2D eigenvalue weighted by Crippen LogP contribution is -2.55. The molecule has 0 radical (unpaired) electrons. The Bertz CT molecular complexity index is 1450. The van der Waals surface area contributed by atoms with E-state index in [1.54, 1.807) is 12.1 Å². The molecule has 1 N–H and O–H groups in total. The van der Waals surface area contributed by atoms with E-state index in [0.717, 1.165) is 53.8 Å². The Balaban J connectivity index is 1.73. The van der Waals surface area contributed by atoms with Crippen LogP contribution in [0.15, 0.2) is 78.9 Å². The Morgan fingerprint density at radius 3 is 2.17 bits per heavy atom. The Labute approximate surface area is 253 Å². The molecule has 0 saturated heterocycles. The number of benzene rings is 3. The third kappa shape index (κ3) is 8.49. The highest BCUT2D eigenvalue weighted by molar-refractivity contribution is 7.92. The van der Waals surface area contributed by atoms with Gasteiger partial charge in [0.05, 0.1) is 19.1 Å². The molecule has 1 aliphatic carbocycles. The molecule has 0 bridgehead atoms. The molecule has 0 unspecified atom stereocenters. The van der Waals surface area contributed by atoms with Crippen molar-refractivity contribution in [3.05, 3.63) is 95.0 Å². The first-order valence-electron chi connectivity index (χ1n) is 14.1. The summed E-state index contributed by atoms with van der Waals surface area (Å²) in [4.78, 5) is 29.7. The maximum absolute atomic E-state index is 14.3. The molecule has 1 atom stereocenters. The number of halogens is 1. The Hall–Kier alpha value is -3.56. The molecule has 0 aliphatic heterocycles. The number of hydrogen-bond acceptors (Lipinski definition) is 5. The predicted octanol–water partition coefficient (Wildman–Crippen LogP) is 5.20. The van der Waals surface area contributed by atoms with Crippen molar-refractivity contribution in [1.29, 1.82) is 0 Å². The number of ether oxygens (including phenoxy) is 1. The first kappa shape index (κ1) is 31.4. The number of nitrogens with one attached hydrogen (secondary N) is 1. The van der Waals surface area contributed by atoms with E-state index in [1.165, 1.54) is 18.1 Å². The number of carbonyl (C=O) groups excluding carboxylic acids is 2. The summed E-state index contributed by atoms with van der Waals surface area (Å²) < 4.78 is 32.5. The third-order valence-electron chi connectivity index (χ3n) is 7.51. The second-order valence-corrected chi connectivity index (χ2v) is 13.0. The minimum Gasteiger partial charge on any atom is -0.495 e. The van der Waals surface area contributed by atoms with E-state index >= 15 is 0 Å². The zero-order valence-corrected chi connectivity index (χ0v) is 25.6. The molecule has 1 saturated carbocycles. The summed E-state index contributed by atoms with van der Waals surface area (Å²) in [5.74, 6) is -0.518. The molecule has 224 valence electrons. The minimum atomic E-state index is -3.95. The molecule has 1 aliphatic rings. The van der Waals surface area contributed by atoms with Crippen LogP contribution in [0.25, 0.3) is 0 Å². The summed E-state index contributed by atoms with van der Waals surface area (Å²) >= 11 is 6.22. The van der Waals surface area contributed by atoms with Crippen LogP contribution in [0.2, 0.25) is 5.02 Å². The van der Waals surface area contributed by atoms with E-state index in [4.69, 9.17) is 16.3 Å². The fourth-order valence-electron chi connectivity index (χ4n) is 5.33. The van der Waals surface area contributed by atoms with Gasteiger partial charge in [0, 0.05) is 24.0 Å². The number of sulfonamides is 1. The molecular weight excluding hydrogens is 574 g/mol. The van der Waals surface area contributed by atoms with Crippen LogP contribution in [0.1, 0.15) is 43.2 Å². The molecule has 0 aromatic heterocycles. The maximum atomic E-state index is 14.3. The van der Waals surface area contributed by atoms with Crippen LogP contribution in [-0.2, 0) is 32.6 Å². The maximum Gasteiger partial charge on any atom is 0.244 e. The SMILES string of the molecule is COc1ccc(Cl)cc1N(CC(=O)N(Cc1ccccc1)[C@H](Cc1ccccc1)C(=O)NC1CCCCC1)S(C)(=O)=O. The summed E-state index contributed by atoms with van der Waals surface area (Å²) in [6.07, 6.45) is 6.33. The van der Waals surface area contributed by atoms with Crippen LogP contribution in [0.3, 0.4) is 0 Å². The molecule has 8 nitrogen and oxygen atoms in total. The number of nitrogens with zero attached hydrogens (tertiary/aromatic N) is 2. The van der Waals surface area contributed by atoms with Crippen LogP contribution in [-0.4, -0.2) is 57.1 Å². The molecule has 4 rings (SSSR count). The lowest BCUT2D eigenvalue weighted by Gasteiger charge is -2.35. The number of methoxy groups -OCH3 is 1. The van der Waals surface area contributed by atoms with E-state index in [1.807, 2.05) is 60.7 Å². The lowest BCUT2D eigenvalue weighted by molar-refractivity contribution is -0.140. The van der Waals surface area contributed by atoms with Crippen molar-refractivity contribution in [3.8, 4) is 5.75 Å². The molecule has 10 heteroatoms. The van der Waals surface area contributed by atoms with Gasteiger partial charge < -0.3 is 15.0 Å². The van der Waals surface area contributed by atoms with Gasteiger partial charge in [0.1, 0.15) is 18.3 Å². The van der Waals surface area contributed by atoms with Crippen LogP contribution in [0, 0.1) is 0 Å². The summed E-state index contributed by atoms with van der Waals surface area (Å²) in [6.45, 7) is -0.413. The minimum absolute atomic E-state index is 0.0430. The van der Waals surface area contributed by atoms with Gasteiger partial charge in [-0.3, -0.25) is 13.9 Å². The number of hydrogen-bond donors (Lipinski definition) is 1. The van der Waals surface area contributed by atoms with E-state index in [-0.39, 0.29) is 36.4 Å². The van der Waals surface area contributed by atoms with Gasteiger partial charge in [-0.25, -0.2) is 8.42 Å². The van der Waals surface area contributed by atoms with Gasteiger partial charge in [-0.05, 0) is 42.2 Å². The number of anilines is 1. The van der Waals surface area contributed by atoms with Crippen molar-refractivity contribution in [1.82, 2.24) is 10.2 Å². The normalized spacial score (nSPS) is 14.5. The van der Waals surface area contributed by atoms with E-state index in [0.29, 0.717) is 5.02 Å². The van der Waals surface area contributed by atoms with Crippen LogP contribution in [0.5, 0.6) is 5.75 Å². The number of rotatable bonds is 12. The predicted molar refractivity (Wildman–Crippen MR) is 166 cm³/mol. The van der Waals surface area contributed by atoms with Gasteiger partial charge in [0.2, 0.25) is 21.8 Å². The lowest BCUT2D eigenvalue weighted by atomic mass is 9.94. The zero-order valence-electron chi connectivity index (χ0n) is 24.0. The average molecular weight is 612 g/mol. The van der Waals surface area contributed by atoms with Crippen molar-refractivity contribution in [2.45, 2.75) is 57.2 Å². The van der Waals surface area contributed by atoms with Gasteiger partial charge in [0.25, 0.3) is 0 Å². The summed E-state index contributed by atoms with van der Waals surface area (Å²) in [5.41, 5.74) is 1.86. The Morgan fingerprint density at radius 2 is 1.57 bits per heavy atom. The quantitative estimate of drug-likeness (QED) is 0.304. The van der Waals surface area contributed by atoms with Crippen molar-refractivity contribution >= 4 is 39.1 Å². The average Bonchev–Trinajstić information content (AvgIpc) is 2.98. The molecule has 0 heterocycles. The summed E-state index contributed by atoms with van der Waals surface area (Å²) in [5, 5.41) is 3.49. The van der Waals surface area contributed by atoms with Crippen molar-refractivity contribution in [3.63, 3.8) is 0 Å². The molecule has 1 fully saturated rings. The standard InChI is InChI=1S/C32H38ClN3O5S/c1-41-30-19-18-26(33)21-28(30)36(42(2,39)40)23-31(37)35(22-25-14-8-4-9-15-25)29(20-24-12-6-3-7-13-24)32(38)34-27-16-10-5-11-17-27/h3-4,6-9,12-15,18-19,21,27,29H,5,10-11,16-17,20,22-23H2,1-2H3,(H,34,38)/t29-/m1/s1. The smallest absolute Gasteiger partial charge is 0.244 e. The molecule has 3 aromatic rings. The second kappa shape index (κ2) is 14.6.